The molecule has 0 spiro atoms. The van der Waals surface area contributed by atoms with Crippen LogP contribution in [0.25, 0.3) is 0 Å². The molecular formula is C19H18Cl2N2O2. The van der Waals surface area contributed by atoms with Crippen LogP contribution < -0.4 is 4.74 Å². The first-order chi connectivity index (χ1) is 12.0. The molecule has 0 saturated carbocycles. The van der Waals surface area contributed by atoms with Gasteiger partial charge in [-0.15, -0.1) is 0 Å². The van der Waals surface area contributed by atoms with Crippen molar-refractivity contribution in [2.45, 2.75) is 25.8 Å². The fraction of sp³-hybridized carbons (Fsp3) is 0.263. The van der Waals surface area contributed by atoms with E-state index in [1.165, 1.54) is 0 Å². The van der Waals surface area contributed by atoms with E-state index >= 15 is 0 Å². The van der Waals surface area contributed by atoms with Gasteiger partial charge >= 0.3 is 0 Å². The van der Waals surface area contributed by atoms with Crippen LogP contribution in [-0.2, 0) is 4.79 Å². The van der Waals surface area contributed by atoms with Gasteiger partial charge in [0.1, 0.15) is 5.75 Å². The molecule has 4 nitrogen and oxygen atoms in total. The van der Waals surface area contributed by atoms with E-state index < -0.39 is 0 Å². The standard InChI is InChI=1S/C19H18Cl2N2O2/c1-3-19(24)23-18(12-4-7-14(25-2)8-5-12)11-17(22-23)13-6-9-15(20)16(21)10-13/h4-10,18H,3,11H2,1-2H3. The minimum absolute atomic E-state index is 0.0177. The minimum atomic E-state index is -0.136. The number of hydrogen-bond acceptors (Lipinski definition) is 3. The van der Waals surface area contributed by atoms with Gasteiger partial charge in [0.15, 0.2) is 0 Å². The first-order valence-electron chi connectivity index (χ1n) is 8.02. The first kappa shape index (κ1) is 17.8. The molecule has 0 aliphatic carbocycles. The zero-order valence-electron chi connectivity index (χ0n) is 14.0. The number of halogens is 2. The molecule has 1 aliphatic rings. The summed E-state index contributed by atoms with van der Waals surface area (Å²) < 4.78 is 5.21. The van der Waals surface area contributed by atoms with Crippen LogP contribution in [0.4, 0.5) is 0 Å². The normalized spacial score (nSPS) is 16.7. The summed E-state index contributed by atoms with van der Waals surface area (Å²) in [5.74, 6) is 0.761. The number of carbonyl (C=O) groups is 1. The van der Waals surface area contributed by atoms with E-state index in [0.29, 0.717) is 22.9 Å². The molecule has 2 aromatic rings. The van der Waals surface area contributed by atoms with Gasteiger partial charge in [-0.25, -0.2) is 5.01 Å². The Morgan fingerprint density at radius 1 is 1.20 bits per heavy atom. The van der Waals surface area contributed by atoms with Crippen LogP contribution in [0.1, 0.15) is 36.9 Å². The van der Waals surface area contributed by atoms with Crippen molar-refractivity contribution in [1.29, 1.82) is 0 Å². The van der Waals surface area contributed by atoms with Crippen molar-refractivity contribution in [3.05, 3.63) is 63.6 Å². The summed E-state index contributed by atoms with van der Waals surface area (Å²) in [6.45, 7) is 1.83. The third-order valence-corrected chi connectivity index (χ3v) is 4.96. The molecule has 0 N–H and O–H groups in total. The number of methoxy groups -OCH3 is 1. The second-order valence-corrected chi connectivity index (χ2v) is 6.57. The van der Waals surface area contributed by atoms with Crippen molar-refractivity contribution in [3.63, 3.8) is 0 Å². The Balaban J connectivity index is 1.94. The Labute approximate surface area is 157 Å². The zero-order valence-corrected chi connectivity index (χ0v) is 15.5. The maximum atomic E-state index is 12.4. The van der Waals surface area contributed by atoms with Crippen LogP contribution in [0, 0.1) is 0 Å². The van der Waals surface area contributed by atoms with E-state index in [0.717, 1.165) is 22.6 Å². The predicted octanol–water partition coefficient (Wildman–Crippen LogP) is 5.09. The number of hydrogen-bond donors (Lipinski definition) is 0. The van der Waals surface area contributed by atoms with Gasteiger partial charge in [0.25, 0.3) is 0 Å². The number of hydrazone groups is 1. The smallest absolute Gasteiger partial charge is 0.242 e. The van der Waals surface area contributed by atoms with Gasteiger partial charge in [-0.1, -0.05) is 48.3 Å². The Morgan fingerprint density at radius 3 is 2.52 bits per heavy atom. The number of ether oxygens (including phenoxy) is 1. The van der Waals surface area contributed by atoms with Crippen molar-refractivity contribution in [3.8, 4) is 5.75 Å². The summed E-state index contributed by atoms with van der Waals surface area (Å²) in [7, 11) is 1.63. The third kappa shape index (κ3) is 3.65. The fourth-order valence-electron chi connectivity index (χ4n) is 2.84. The van der Waals surface area contributed by atoms with Crippen molar-refractivity contribution >= 4 is 34.8 Å². The molecule has 1 heterocycles. The third-order valence-electron chi connectivity index (χ3n) is 4.22. The Morgan fingerprint density at radius 2 is 1.92 bits per heavy atom. The molecule has 1 unspecified atom stereocenters. The number of rotatable bonds is 4. The lowest BCUT2D eigenvalue weighted by Gasteiger charge is -2.21. The highest BCUT2D eigenvalue weighted by Gasteiger charge is 2.32. The lowest BCUT2D eigenvalue weighted by molar-refractivity contribution is -0.132. The Hall–Kier alpha value is -2.04. The maximum Gasteiger partial charge on any atom is 0.242 e. The van der Waals surface area contributed by atoms with Gasteiger partial charge in [-0.2, -0.15) is 5.10 Å². The molecule has 0 fully saturated rings. The lowest BCUT2D eigenvalue weighted by Crippen LogP contribution is -2.26. The molecule has 130 valence electrons. The average Bonchev–Trinajstić information content (AvgIpc) is 3.08. The van der Waals surface area contributed by atoms with Crippen molar-refractivity contribution in [1.82, 2.24) is 5.01 Å². The summed E-state index contributed by atoms with van der Waals surface area (Å²) in [6, 6.07) is 13.0. The lowest BCUT2D eigenvalue weighted by atomic mass is 9.98. The summed E-state index contributed by atoms with van der Waals surface area (Å²) in [5, 5.41) is 7.11. The minimum Gasteiger partial charge on any atom is -0.497 e. The molecule has 6 heteroatoms. The van der Waals surface area contributed by atoms with Crippen LogP contribution >= 0.6 is 23.2 Å². The van der Waals surface area contributed by atoms with Gasteiger partial charge < -0.3 is 4.74 Å². The van der Waals surface area contributed by atoms with Crippen molar-refractivity contribution < 1.29 is 9.53 Å². The first-order valence-corrected chi connectivity index (χ1v) is 8.78. The molecule has 0 saturated heterocycles. The summed E-state index contributed by atoms with van der Waals surface area (Å²) in [5.41, 5.74) is 2.71. The molecule has 0 bridgehead atoms. The molecule has 2 aromatic carbocycles. The molecule has 0 aromatic heterocycles. The zero-order chi connectivity index (χ0) is 18.0. The van der Waals surface area contributed by atoms with E-state index in [4.69, 9.17) is 27.9 Å². The van der Waals surface area contributed by atoms with Crippen molar-refractivity contribution in [2.75, 3.05) is 7.11 Å². The second kappa shape index (κ2) is 7.46. The van der Waals surface area contributed by atoms with E-state index in [2.05, 4.69) is 5.10 Å². The molecule has 0 radical (unpaired) electrons. The van der Waals surface area contributed by atoms with Crippen LogP contribution in [0.5, 0.6) is 5.75 Å². The van der Waals surface area contributed by atoms with Gasteiger partial charge in [0.2, 0.25) is 5.91 Å². The van der Waals surface area contributed by atoms with Crippen LogP contribution in [0.3, 0.4) is 0 Å². The summed E-state index contributed by atoms with van der Waals surface area (Å²) in [4.78, 5) is 12.4. The molecule has 1 amide bonds. The number of carbonyl (C=O) groups excluding carboxylic acids is 1. The number of nitrogens with zero attached hydrogens (tertiary/aromatic N) is 2. The van der Waals surface area contributed by atoms with Gasteiger partial charge in [0, 0.05) is 12.8 Å². The van der Waals surface area contributed by atoms with Gasteiger partial charge in [0.05, 0.1) is 28.9 Å². The Bertz CT molecular complexity index is 819. The quantitative estimate of drug-likeness (QED) is 0.745. The second-order valence-electron chi connectivity index (χ2n) is 5.76. The highest BCUT2D eigenvalue weighted by atomic mass is 35.5. The summed E-state index contributed by atoms with van der Waals surface area (Å²) >= 11 is 12.1. The largest absolute Gasteiger partial charge is 0.497 e. The monoisotopic (exact) mass is 376 g/mol. The molecule has 25 heavy (non-hydrogen) atoms. The Kier molecular flexibility index (Phi) is 5.30. The van der Waals surface area contributed by atoms with E-state index in [1.54, 1.807) is 24.3 Å². The fourth-order valence-corrected chi connectivity index (χ4v) is 3.14. The predicted molar refractivity (Wildman–Crippen MR) is 100 cm³/mol. The average molecular weight is 377 g/mol. The van der Waals surface area contributed by atoms with E-state index in [1.807, 2.05) is 37.3 Å². The number of amides is 1. The molecular weight excluding hydrogens is 359 g/mol. The van der Waals surface area contributed by atoms with Crippen LogP contribution in [0.2, 0.25) is 10.0 Å². The SMILES string of the molecule is CCC(=O)N1N=C(c2ccc(Cl)c(Cl)c2)CC1c1ccc(OC)cc1. The maximum absolute atomic E-state index is 12.4. The molecule has 1 atom stereocenters. The van der Waals surface area contributed by atoms with Gasteiger partial charge in [-0.05, 0) is 35.4 Å². The van der Waals surface area contributed by atoms with E-state index in [9.17, 15) is 4.79 Å². The topological polar surface area (TPSA) is 41.9 Å². The highest BCUT2D eigenvalue weighted by Crippen LogP contribution is 2.35. The highest BCUT2D eigenvalue weighted by molar-refractivity contribution is 6.42. The summed E-state index contributed by atoms with van der Waals surface area (Å²) in [6.07, 6.45) is 1.01. The molecule has 1 aliphatic heterocycles. The number of benzene rings is 2. The van der Waals surface area contributed by atoms with Crippen molar-refractivity contribution in [2.24, 2.45) is 5.10 Å². The van der Waals surface area contributed by atoms with Gasteiger partial charge in [-0.3, -0.25) is 4.79 Å². The van der Waals surface area contributed by atoms with E-state index in [-0.39, 0.29) is 11.9 Å². The van der Waals surface area contributed by atoms with Crippen LogP contribution in [-0.4, -0.2) is 23.7 Å². The van der Waals surface area contributed by atoms with Crippen LogP contribution in [0.15, 0.2) is 47.6 Å². The molecule has 3 rings (SSSR count).